The Morgan fingerprint density at radius 3 is 2.26 bits per heavy atom. The maximum Gasteiger partial charge on any atom is 0.335 e. The second-order valence-corrected chi connectivity index (χ2v) is 8.31. The zero-order valence-electron chi connectivity index (χ0n) is 16.8. The lowest BCUT2D eigenvalue weighted by Crippen LogP contribution is -2.13. The lowest BCUT2D eigenvalue weighted by atomic mass is 9.91. The Hall–Kier alpha value is -2.82. The molecular weight excluding hydrogens is 338 g/mol. The van der Waals surface area contributed by atoms with Crippen LogP contribution in [0.5, 0.6) is 0 Å². The molecule has 0 aliphatic rings. The van der Waals surface area contributed by atoms with Crippen LogP contribution in [0.1, 0.15) is 62.3 Å². The Morgan fingerprint density at radius 2 is 1.74 bits per heavy atom. The van der Waals surface area contributed by atoms with Gasteiger partial charge in [0.05, 0.1) is 22.6 Å². The zero-order valence-corrected chi connectivity index (χ0v) is 16.8. The van der Waals surface area contributed by atoms with Crippen LogP contribution in [0, 0.1) is 0 Å². The van der Waals surface area contributed by atoms with Gasteiger partial charge < -0.3 is 9.67 Å². The fourth-order valence-corrected chi connectivity index (χ4v) is 3.18. The summed E-state index contributed by atoms with van der Waals surface area (Å²) in [4.78, 5) is 11.2. The van der Waals surface area contributed by atoms with Crippen molar-refractivity contribution in [2.24, 2.45) is 7.05 Å². The van der Waals surface area contributed by atoms with Gasteiger partial charge in [-0.25, -0.2) is 9.48 Å². The molecule has 0 aliphatic heterocycles. The Kier molecular flexibility index (Phi) is 4.72. The highest BCUT2D eigenvalue weighted by molar-refractivity contribution is 5.88. The molecule has 0 unspecified atom stereocenters. The molecule has 0 saturated heterocycles. The quantitative estimate of drug-likeness (QED) is 0.708. The average molecular weight is 365 g/mol. The Morgan fingerprint density at radius 1 is 1.11 bits per heavy atom. The number of hydrogen-bond acceptors (Lipinski definition) is 2. The third kappa shape index (κ3) is 3.54. The van der Waals surface area contributed by atoms with Crippen molar-refractivity contribution >= 4 is 5.97 Å². The van der Waals surface area contributed by atoms with E-state index >= 15 is 0 Å². The molecular formula is C22H27N3O2. The van der Waals surface area contributed by atoms with Crippen LogP contribution in [0.2, 0.25) is 0 Å². The van der Waals surface area contributed by atoms with E-state index in [1.165, 1.54) is 0 Å². The number of nitrogens with zero attached hydrogens (tertiary/aromatic N) is 3. The number of benzene rings is 1. The molecule has 5 nitrogen and oxygen atoms in total. The van der Waals surface area contributed by atoms with Gasteiger partial charge >= 0.3 is 5.97 Å². The highest BCUT2D eigenvalue weighted by Crippen LogP contribution is 2.32. The topological polar surface area (TPSA) is 60.0 Å². The summed E-state index contributed by atoms with van der Waals surface area (Å²) in [6.07, 6.45) is 2.01. The van der Waals surface area contributed by atoms with Crippen LogP contribution in [0.25, 0.3) is 16.9 Å². The summed E-state index contributed by atoms with van der Waals surface area (Å²) >= 11 is 0. The number of aromatic carboxylic acids is 1. The lowest BCUT2D eigenvalue weighted by Gasteiger charge is -2.15. The molecule has 5 heteroatoms. The number of hydrogen-bond donors (Lipinski definition) is 1. The first-order valence-corrected chi connectivity index (χ1v) is 9.19. The van der Waals surface area contributed by atoms with Crippen LogP contribution < -0.4 is 0 Å². The van der Waals surface area contributed by atoms with E-state index in [1.54, 1.807) is 12.1 Å². The summed E-state index contributed by atoms with van der Waals surface area (Å²) in [6.45, 7) is 10.8. The lowest BCUT2D eigenvalue weighted by molar-refractivity contribution is 0.0697. The zero-order chi connectivity index (χ0) is 19.9. The molecule has 142 valence electrons. The van der Waals surface area contributed by atoms with Gasteiger partial charge in [-0.3, -0.25) is 0 Å². The molecule has 0 radical (unpaired) electrons. The molecule has 0 bridgehead atoms. The monoisotopic (exact) mass is 365 g/mol. The van der Waals surface area contributed by atoms with Crippen LogP contribution in [0.3, 0.4) is 0 Å². The minimum atomic E-state index is -0.919. The smallest absolute Gasteiger partial charge is 0.335 e. The predicted molar refractivity (Wildman–Crippen MR) is 108 cm³/mol. The van der Waals surface area contributed by atoms with Gasteiger partial charge in [-0.2, -0.15) is 5.10 Å². The van der Waals surface area contributed by atoms with Gasteiger partial charge in [-0.05, 0) is 30.2 Å². The number of carboxylic acids is 1. The number of rotatable bonds is 4. The van der Waals surface area contributed by atoms with Gasteiger partial charge in [0.2, 0.25) is 0 Å². The Bertz CT molecular complexity index is 970. The van der Waals surface area contributed by atoms with Crippen LogP contribution in [-0.2, 0) is 12.5 Å². The Labute approximate surface area is 160 Å². The van der Waals surface area contributed by atoms with Gasteiger partial charge in [0.25, 0.3) is 0 Å². The summed E-state index contributed by atoms with van der Waals surface area (Å²) < 4.78 is 4.08. The second-order valence-electron chi connectivity index (χ2n) is 8.31. The van der Waals surface area contributed by atoms with Crippen LogP contribution in [0.15, 0.2) is 42.6 Å². The molecule has 0 atom stereocenters. The van der Waals surface area contributed by atoms with E-state index in [-0.39, 0.29) is 11.0 Å². The molecule has 3 rings (SSSR count). The van der Waals surface area contributed by atoms with E-state index in [9.17, 15) is 4.79 Å². The van der Waals surface area contributed by atoms with Crippen molar-refractivity contribution < 1.29 is 9.90 Å². The van der Waals surface area contributed by atoms with Crippen molar-refractivity contribution in [2.75, 3.05) is 0 Å². The first kappa shape index (κ1) is 19.0. The largest absolute Gasteiger partial charge is 0.478 e. The van der Waals surface area contributed by atoms with Gasteiger partial charge in [0, 0.05) is 29.9 Å². The van der Waals surface area contributed by atoms with Crippen molar-refractivity contribution in [3.8, 4) is 16.9 Å². The van der Waals surface area contributed by atoms with Gasteiger partial charge in [-0.15, -0.1) is 0 Å². The highest BCUT2D eigenvalue weighted by atomic mass is 16.4. The molecule has 2 aromatic heterocycles. The molecule has 0 amide bonds. The molecule has 2 heterocycles. The minimum absolute atomic E-state index is 0.0348. The van der Waals surface area contributed by atoms with Crippen molar-refractivity contribution in [1.82, 2.24) is 14.3 Å². The fourth-order valence-electron chi connectivity index (χ4n) is 3.18. The summed E-state index contributed by atoms with van der Waals surface area (Å²) in [5.74, 6) is -0.589. The number of carbonyl (C=O) groups is 1. The first-order chi connectivity index (χ1) is 12.6. The molecule has 0 fully saturated rings. The molecule has 3 aromatic rings. The summed E-state index contributed by atoms with van der Waals surface area (Å²) in [5.41, 5.74) is 5.44. The van der Waals surface area contributed by atoms with Crippen molar-refractivity contribution in [2.45, 2.75) is 46.0 Å². The van der Waals surface area contributed by atoms with Crippen LogP contribution >= 0.6 is 0 Å². The van der Waals surface area contributed by atoms with E-state index in [2.05, 4.69) is 46.8 Å². The van der Waals surface area contributed by atoms with Gasteiger partial charge in [-0.1, -0.05) is 46.8 Å². The normalized spacial score (nSPS) is 12.0. The van der Waals surface area contributed by atoms with E-state index < -0.39 is 5.97 Å². The van der Waals surface area contributed by atoms with Crippen LogP contribution in [0.4, 0.5) is 0 Å². The number of aryl methyl sites for hydroxylation is 1. The SMILES string of the molecule is CC(C)c1cc(C(C)(C)C)nn1-c1ccn(C)c1-c1ccc(C(=O)O)cc1. The minimum Gasteiger partial charge on any atom is -0.478 e. The standard InChI is InChI=1S/C22H27N3O2/c1-14(2)18-13-19(22(3,4)5)23-25(18)17-11-12-24(6)20(17)15-7-9-16(10-8-15)21(26)27/h7-14H,1-6H3,(H,26,27). The third-order valence-corrected chi connectivity index (χ3v) is 4.78. The first-order valence-electron chi connectivity index (χ1n) is 9.19. The maximum absolute atomic E-state index is 11.2. The molecule has 1 aromatic carbocycles. The number of aromatic nitrogens is 3. The van der Waals surface area contributed by atoms with E-state index in [1.807, 2.05) is 34.6 Å². The fraction of sp³-hybridized carbons (Fsp3) is 0.364. The maximum atomic E-state index is 11.2. The molecule has 0 spiro atoms. The van der Waals surface area contributed by atoms with Gasteiger partial charge in [0.15, 0.2) is 0 Å². The molecule has 1 N–H and O–H groups in total. The van der Waals surface area contributed by atoms with E-state index in [0.29, 0.717) is 5.92 Å². The van der Waals surface area contributed by atoms with Crippen molar-refractivity contribution in [3.05, 3.63) is 59.5 Å². The van der Waals surface area contributed by atoms with Gasteiger partial charge in [0.1, 0.15) is 0 Å². The molecule has 0 saturated carbocycles. The summed E-state index contributed by atoms with van der Waals surface area (Å²) in [5, 5.41) is 14.1. The van der Waals surface area contributed by atoms with Crippen molar-refractivity contribution in [1.29, 1.82) is 0 Å². The third-order valence-electron chi connectivity index (χ3n) is 4.78. The van der Waals surface area contributed by atoms with E-state index in [0.717, 1.165) is 28.3 Å². The van der Waals surface area contributed by atoms with E-state index in [4.69, 9.17) is 10.2 Å². The average Bonchev–Trinajstić information content (AvgIpc) is 3.18. The predicted octanol–water partition coefficient (Wildman–Crippen LogP) is 5.00. The second kappa shape index (κ2) is 6.72. The number of carboxylic acid groups (broad SMARTS) is 1. The molecule has 0 aliphatic carbocycles. The summed E-state index contributed by atoms with van der Waals surface area (Å²) in [6, 6.07) is 11.2. The highest BCUT2D eigenvalue weighted by Gasteiger charge is 2.23. The van der Waals surface area contributed by atoms with Crippen molar-refractivity contribution in [3.63, 3.8) is 0 Å². The Balaban J connectivity index is 2.17. The summed E-state index contributed by atoms with van der Waals surface area (Å²) in [7, 11) is 1.99. The van der Waals surface area contributed by atoms with Crippen LogP contribution in [-0.4, -0.2) is 25.4 Å². The molecule has 27 heavy (non-hydrogen) atoms.